The molecule has 0 unspecified atom stereocenters. The normalized spacial score (nSPS) is 15.6. The maximum Gasteiger partial charge on any atom is 0.243 e. The van der Waals surface area contributed by atoms with Crippen molar-refractivity contribution in [2.75, 3.05) is 13.3 Å². The van der Waals surface area contributed by atoms with Gasteiger partial charge in [0.1, 0.15) is 0 Å². The van der Waals surface area contributed by atoms with Crippen LogP contribution in [-0.2, 0) is 29.4 Å². The van der Waals surface area contributed by atoms with E-state index in [1.54, 1.807) is 6.07 Å². The average Bonchev–Trinajstić information content (AvgIpc) is 3.26. The van der Waals surface area contributed by atoms with Gasteiger partial charge in [-0.1, -0.05) is 19.1 Å². The fourth-order valence-corrected chi connectivity index (χ4v) is 4.96. The van der Waals surface area contributed by atoms with Crippen molar-refractivity contribution < 1.29 is 17.9 Å². The summed E-state index contributed by atoms with van der Waals surface area (Å²) >= 11 is 0. The Morgan fingerprint density at radius 2 is 1.80 bits per heavy atom. The van der Waals surface area contributed by atoms with Gasteiger partial charge < -0.3 is 9.47 Å². The molecule has 0 amide bonds. The SMILES string of the molecule is CCN(Cc1ccc2c(c1)OCO2)S(=O)(=O)c1ccc2c(c1)CCC2. The van der Waals surface area contributed by atoms with Crippen LogP contribution in [0.15, 0.2) is 41.3 Å². The first kappa shape index (κ1) is 16.4. The molecule has 0 spiro atoms. The van der Waals surface area contributed by atoms with Gasteiger partial charge in [-0.2, -0.15) is 4.31 Å². The van der Waals surface area contributed by atoms with Crippen LogP contribution in [0.3, 0.4) is 0 Å². The molecule has 2 aliphatic rings. The molecular formula is C19H21NO4S. The minimum Gasteiger partial charge on any atom is -0.454 e. The average molecular weight is 359 g/mol. The van der Waals surface area contributed by atoms with Crippen LogP contribution in [0, 0.1) is 0 Å². The van der Waals surface area contributed by atoms with E-state index < -0.39 is 10.0 Å². The van der Waals surface area contributed by atoms with Crippen molar-refractivity contribution in [3.05, 3.63) is 53.1 Å². The van der Waals surface area contributed by atoms with Crippen LogP contribution in [0.4, 0.5) is 0 Å². The first-order valence-corrected chi connectivity index (χ1v) is 10.0. The summed E-state index contributed by atoms with van der Waals surface area (Å²) in [6.45, 7) is 2.79. The van der Waals surface area contributed by atoms with Crippen molar-refractivity contribution in [2.45, 2.75) is 37.6 Å². The van der Waals surface area contributed by atoms with Gasteiger partial charge in [-0.05, 0) is 60.2 Å². The first-order chi connectivity index (χ1) is 12.1. The van der Waals surface area contributed by atoms with Gasteiger partial charge in [-0.25, -0.2) is 8.42 Å². The van der Waals surface area contributed by atoms with Crippen molar-refractivity contribution >= 4 is 10.0 Å². The van der Waals surface area contributed by atoms with E-state index in [2.05, 4.69) is 0 Å². The molecule has 0 N–H and O–H groups in total. The van der Waals surface area contributed by atoms with E-state index in [1.165, 1.54) is 15.4 Å². The van der Waals surface area contributed by atoms with Crippen LogP contribution < -0.4 is 9.47 Å². The highest BCUT2D eigenvalue weighted by molar-refractivity contribution is 7.89. The Morgan fingerprint density at radius 3 is 2.64 bits per heavy atom. The molecule has 25 heavy (non-hydrogen) atoms. The maximum absolute atomic E-state index is 13.1. The summed E-state index contributed by atoms with van der Waals surface area (Å²) in [5.41, 5.74) is 3.33. The number of aryl methyl sites for hydroxylation is 2. The molecule has 0 saturated carbocycles. The maximum atomic E-state index is 13.1. The Kier molecular flexibility index (Phi) is 4.17. The van der Waals surface area contributed by atoms with Crippen molar-refractivity contribution in [1.82, 2.24) is 4.31 Å². The van der Waals surface area contributed by atoms with E-state index >= 15 is 0 Å². The van der Waals surface area contributed by atoms with Crippen LogP contribution in [0.1, 0.15) is 30.0 Å². The van der Waals surface area contributed by atoms with Gasteiger partial charge in [0.15, 0.2) is 11.5 Å². The van der Waals surface area contributed by atoms with Crippen LogP contribution in [0.2, 0.25) is 0 Å². The lowest BCUT2D eigenvalue weighted by molar-refractivity contribution is 0.174. The fraction of sp³-hybridized carbons (Fsp3) is 0.368. The molecule has 1 aliphatic carbocycles. The molecule has 132 valence electrons. The number of hydrogen-bond acceptors (Lipinski definition) is 4. The van der Waals surface area contributed by atoms with E-state index in [9.17, 15) is 8.42 Å². The second-order valence-electron chi connectivity index (χ2n) is 6.40. The lowest BCUT2D eigenvalue weighted by Crippen LogP contribution is -2.30. The number of nitrogens with zero attached hydrogens (tertiary/aromatic N) is 1. The molecule has 2 aromatic carbocycles. The number of ether oxygens (including phenoxy) is 2. The Hall–Kier alpha value is -2.05. The molecule has 1 heterocycles. The predicted molar refractivity (Wildman–Crippen MR) is 94.3 cm³/mol. The van der Waals surface area contributed by atoms with Crippen molar-refractivity contribution in [3.63, 3.8) is 0 Å². The van der Waals surface area contributed by atoms with E-state index in [4.69, 9.17) is 9.47 Å². The number of sulfonamides is 1. The minimum atomic E-state index is -3.52. The molecule has 0 bridgehead atoms. The Bertz CT molecular complexity index is 908. The second kappa shape index (κ2) is 6.35. The highest BCUT2D eigenvalue weighted by Gasteiger charge is 2.25. The molecule has 5 nitrogen and oxygen atoms in total. The number of fused-ring (bicyclic) bond motifs is 2. The highest BCUT2D eigenvalue weighted by atomic mass is 32.2. The largest absolute Gasteiger partial charge is 0.454 e. The molecule has 0 fully saturated rings. The number of hydrogen-bond donors (Lipinski definition) is 0. The predicted octanol–water partition coefficient (Wildman–Crippen LogP) is 3.11. The summed E-state index contributed by atoms with van der Waals surface area (Å²) < 4.78 is 38.3. The minimum absolute atomic E-state index is 0.212. The monoisotopic (exact) mass is 359 g/mol. The zero-order valence-electron chi connectivity index (χ0n) is 14.2. The molecule has 4 rings (SSSR count). The molecular weight excluding hydrogens is 338 g/mol. The van der Waals surface area contributed by atoms with Gasteiger partial charge in [0, 0.05) is 13.1 Å². The van der Waals surface area contributed by atoms with Crippen LogP contribution >= 0.6 is 0 Å². The lowest BCUT2D eigenvalue weighted by atomic mass is 10.1. The van der Waals surface area contributed by atoms with Gasteiger partial charge in [-0.3, -0.25) is 0 Å². The van der Waals surface area contributed by atoms with Crippen molar-refractivity contribution in [1.29, 1.82) is 0 Å². The summed E-state index contributed by atoms with van der Waals surface area (Å²) in [5.74, 6) is 1.37. The van der Waals surface area contributed by atoms with Gasteiger partial charge in [0.25, 0.3) is 0 Å². The van der Waals surface area contributed by atoms with Crippen molar-refractivity contribution in [3.8, 4) is 11.5 Å². The Balaban J connectivity index is 1.61. The molecule has 0 radical (unpaired) electrons. The molecule has 2 aromatic rings. The molecule has 6 heteroatoms. The third-order valence-electron chi connectivity index (χ3n) is 4.86. The zero-order valence-corrected chi connectivity index (χ0v) is 15.0. The summed E-state index contributed by atoms with van der Waals surface area (Å²) in [6.07, 6.45) is 3.12. The topological polar surface area (TPSA) is 55.8 Å². The van der Waals surface area contributed by atoms with Crippen LogP contribution in [0.5, 0.6) is 11.5 Å². The first-order valence-electron chi connectivity index (χ1n) is 8.58. The Morgan fingerprint density at radius 1 is 1.00 bits per heavy atom. The third kappa shape index (κ3) is 3.00. The zero-order chi connectivity index (χ0) is 17.4. The summed E-state index contributed by atoms with van der Waals surface area (Å²) in [6, 6.07) is 11.1. The van der Waals surface area contributed by atoms with E-state index in [1.807, 2.05) is 37.3 Å². The van der Waals surface area contributed by atoms with Gasteiger partial charge in [-0.15, -0.1) is 0 Å². The van der Waals surface area contributed by atoms with E-state index in [-0.39, 0.29) is 6.79 Å². The van der Waals surface area contributed by atoms with Gasteiger partial charge >= 0.3 is 0 Å². The highest BCUT2D eigenvalue weighted by Crippen LogP contribution is 2.33. The molecule has 0 aromatic heterocycles. The molecule has 0 atom stereocenters. The van der Waals surface area contributed by atoms with Crippen LogP contribution in [-0.4, -0.2) is 26.1 Å². The summed E-state index contributed by atoms with van der Waals surface area (Å²) in [7, 11) is -3.52. The molecule has 1 aliphatic heterocycles. The Labute approximate surface area is 148 Å². The lowest BCUT2D eigenvalue weighted by Gasteiger charge is -2.21. The van der Waals surface area contributed by atoms with Gasteiger partial charge in [0.05, 0.1) is 4.90 Å². The third-order valence-corrected chi connectivity index (χ3v) is 6.77. The van der Waals surface area contributed by atoms with E-state index in [0.29, 0.717) is 29.5 Å². The van der Waals surface area contributed by atoms with Crippen LogP contribution in [0.25, 0.3) is 0 Å². The number of benzene rings is 2. The van der Waals surface area contributed by atoms with E-state index in [0.717, 1.165) is 24.8 Å². The number of rotatable bonds is 5. The standard InChI is InChI=1S/C19H21NO4S/c1-2-20(12-14-6-9-18-19(10-14)24-13-23-18)25(21,22)17-8-7-15-4-3-5-16(15)11-17/h6-11H,2-5,12-13H2,1H3. The van der Waals surface area contributed by atoms with Gasteiger partial charge in [0.2, 0.25) is 16.8 Å². The second-order valence-corrected chi connectivity index (χ2v) is 8.34. The smallest absolute Gasteiger partial charge is 0.243 e. The quantitative estimate of drug-likeness (QED) is 0.823. The fourth-order valence-electron chi connectivity index (χ4n) is 3.47. The summed E-state index contributed by atoms with van der Waals surface area (Å²) in [4.78, 5) is 0.385. The van der Waals surface area contributed by atoms with Crippen molar-refractivity contribution in [2.24, 2.45) is 0 Å². The summed E-state index contributed by atoms with van der Waals surface area (Å²) in [5, 5.41) is 0. The molecule has 0 saturated heterocycles.